The molecule has 1 amide bonds. The summed E-state index contributed by atoms with van der Waals surface area (Å²) < 4.78 is 24.2. The SMILES string of the molecule is COc1ccc(NC(=NCCc2c[nH]c3ccccc23)NC(=O)c2ccc(F)c(Cl)c2)cc1OC. The summed E-state index contributed by atoms with van der Waals surface area (Å²) in [7, 11) is 3.09. The number of guanidine groups is 1. The van der Waals surface area contributed by atoms with E-state index in [1.54, 1.807) is 25.3 Å². The van der Waals surface area contributed by atoms with Crippen molar-refractivity contribution in [1.82, 2.24) is 10.3 Å². The Bertz CT molecular complexity index is 1390. The minimum Gasteiger partial charge on any atom is -0.493 e. The average molecular weight is 495 g/mol. The van der Waals surface area contributed by atoms with E-state index in [0.717, 1.165) is 22.5 Å². The number of rotatable bonds is 7. The molecule has 7 nitrogen and oxygen atoms in total. The molecule has 180 valence electrons. The lowest BCUT2D eigenvalue weighted by molar-refractivity contribution is 0.0977. The maximum atomic E-state index is 13.5. The quantitative estimate of drug-likeness (QED) is 0.236. The Kier molecular flexibility index (Phi) is 7.52. The van der Waals surface area contributed by atoms with Gasteiger partial charge in [-0.15, -0.1) is 0 Å². The van der Waals surface area contributed by atoms with Gasteiger partial charge >= 0.3 is 0 Å². The van der Waals surface area contributed by atoms with E-state index in [1.807, 2.05) is 30.5 Å². The number of para-hydroxylation sites is 1. The normalized spacial score (nSPS) is 11.4. The Morgan fingerprint density at radius 1 is 1.06 bits per heavy atom. The largest absolute Gasteiger partial charge is 0.493 e. The number of aromatic nitrogens is 1. The number of halogens is 2. The molecule has 0 bridgehead atoms. The number of hydrogen-bond acceptors (Lipinski definition) is 4. The summed E-state index contributed by atoms with van der Waals surface area (Å²) in [5.41, 5.74) is 3.00. The van der Waals surface area contributed by atoms with Gasteiger partial charge in [-0.1, -0.05) is 29.8 Å². The number of carbonyl (C=O) groups is 1. The van der Waals surface area contributed by atoms with Gasteiger partial charge in [0, 0.05) is 41.0 Å². The Morgan fingerprint density at radius 3 is 2.63 bits per heavy atom. The van der Waals surface area contributed by atoms with Crippen molar-refractivity contribution >= 4 is 40.1 Å². The molecule has 35 heavy (non-hydrogen) atoms. The van der Waals surface area contributed by atoms with Crippen LogP contribution in [0.1, 0.15) is 15.9 Å². The molecule has 0 aliphatic heterocycles. The molecule has 0 spiro atoms. The number of fused-ring (bicyclic) bond motifs is 1. The molecule has 0 saturated heterocycles. The zero-order valence-electron chi connectivity index (χ0n) is 19.2. The van der Waals surface area contributed by atoms with Gasteiger partial charge in [-0.2, -0.15) is 0 Å². The first-order chi connectivity index (χ1) is 17.0. The summed E-state index contributed by atoms with van der Waals surface area (Å²) in [5, 5.41) is 6.86. The maximum absolute atomic E-state index is 13.5. The van der Waals surface area contributed by atoms with Crippen molar-refractivity contribution in [2.75, 3.05) is 26.1 Å². The molecule has 0 unspecified atom stereocenters. The summed E-state index contributed by atoms with van der Waals surface area (Å²) >= 11 is 5.84. The Balaban J connectivity index is 1.56. The number of benzene rings is 3. The molecule has 0 aliphatic rings. The van der Waals surface area contributed by atoms with Crippen LogP contribution in [0.2, 0.25) is 5.02 Å². The first-order valence-corrected chi connectivity index (χ1v) is 11.2. The highest BCUT2D eigenvalue weighted by molar-refractivity contribution is 6.31. The number of ether oxygens (including phenoxy) is 2. The van der Waals surface area contributed by atoms with Gasteiger partial charge in [0.05, 0.1) is 19.2 Å². The van der Waals surface area contributed by atoms with Crippen molar-refractivity contribution in [3.8, 4) is 11.5 Å². The van der Waals surface area contributed by atoms with Crippen LogP contribution in [0.4, 0.5) is 10.1 Å². The van der Waals surface area contributed by atoms with Crippen LogP contribution in [-0.2, 0) is 6.42 Å². The molecule has 0 saturated carbocycles. The molecule has 0 aliphatic carbocycles. The number of carbonyl (C=O) groups excluding carboxylic acids is 1. The van der Waals surface area contributed by atoms with Gasteiger partial charge in [0.2, 0.25) is 5.96 Å². The minimum absolute atomic E-state index is 0.136. The molecule has 0 radical (unpaired) electrons. The van der Waals surface area contributed by atoms with E-state index in [0.29, 0.717) is 30.2 Å². The Labute approximate surface area is 206 Å². The van der Waals surface area contributed by atoms with E-state index in [9.17, 15) is 9.18 Å². The van der Waals surface area contributed by atoms with E-state index in [1.165, 1.54) is 19.2 Å². The summed E-state index contributed by atoms with van der Waals surface area (Å²) in [6.45, 7) is 0.405. The molecule has 4 aromatic rings. The van der Waals surface area contributed by atoms with E-state index in [4.69, 9.17) is 21.1 Å². The molecule has 4 rings (SSSR count). The van der Waals surface area contributed by atoms with Gasteiger partial charge in [-0.3, -0.25) is 15.1 Å². The van der Waals surface area contributed by atoms with E-state index >= 15 is 0 Å². The minimum atomic E-state index is -0.598. The third-order valence-corrected chi connectivity index (χ3v) is 5.68. The van der Waals surface area contributed by atoms with Crippen molar-refractivity contribution < 1.29 is 18.7 Å². The van der Waals surface area contributed by atoms with Crippen LogP contribution in [0.5, 0.6) is 11.5 Å². The fourth-order valence-corrected chi connectivity index (χ4v) is 3.79. The summed E-state index contributed by atoms with van der Waals surface area (Å²) in [6.07, 6.45) is 2.61. The second-order valence-electron chi connectivity index (χ2n) is 7.62. The molecule has 1 aromatic heterocycles. The fraction of sp³-hybridized carbons (Fsp3) is 0.154. The van der Waals surface area contributed by atoms with Gasteiger partial charge in [-0.25, -0.2) is 4.39 Å². The predicted octanol–water partition coefficient (Wildman–Crippen LogP) is 5.42. The molecule has 3 aromatic carbocycles. The van der Waals surface area contributed by atoms with Gasteiger partial charge in [0.1, 0.15) is 5.82 Å². The van der Waals surface area contributed by atoms with Crippen molar-refractivity contribution in [3.63, 3.8) is 0 Å². The second-order valence-corrected chi connectivity index (χ2v) is 8.02. The molecule has 3 N–H and O–H groups in total. The summed E-state index contributed by atoms with van der Waals surface area (Å²) in [6, 6.07) is 17.0. The lowest BCUT2D eigenvalue weighted by Gasteiger charge is -2.14. The first kappa shape index (κ1) is 24.1. The number of nitrogens with zero attached hydrogens (tertiary/aromatic N) is 1. The number of aliphatic imine (C=N–C) groups is 1. The smallest absolute Gasteiger partial charge is 0.258 e. The van der Waals surface area contributed by atoms with Crippen molar-refractivity contribution in [2.45, 2.75) is 6.42 Å². The number of amides is 1. The first-order valence-electron chi connectivity index (χ1n) is 10.8. The van der Waals surface area contributed by atoms with Gasteiger partial charge in [0.25, 0.3) is 5.91 Å². The number of anilines is 1. The Morgan fingerprint density at radius 2 is 1.86 bits per heavy atom. The summed E-state index contributed by atoms with van der Waals surface area (Å²) in [4.78, 5) is 20.7. The maximum Gasteiger partial charge on any atom is 0.258 e. The van der Waals surface area contributed by atoms with Crippen LogP contribution in [-0.4, -0.2) is 37.6 Å². The number of aromatic amines is 1. The van der Waals surface area contributed by atoms with Crippen LogP contribution < -0.4 is 20.1 Å². The number of nitrogens with one attached hydrogen (secondary N) is 3. The van der Waals surface area contributed by atoms with Crippen molar-refractivity contribution in [1.29, 1.82) is 0 Å². The van der Waals surface area contributed by atoms with Crippen LogP contribution in [0.15, 0.2) is 71.9 Å². The molecular formula is C26H24ClFN4O3. The Hall–Kier alpha value is -4.04. The topological polar surface area (TPSA) is 87.7 Å². The number of methoxy groups -OCH3 is 2. The van der Waals surface area contributed by atoms with Gasteiger partial charge in [-0.05, 0) is 48.4 Å². The highest BCUT2D eigenvalue weighted by Gasteiger charge is 2.13. The molecule has 9 heteroatoms. The predicted molar refractivity (Wildman–Crippen MR) is 136 cm³/mol. The second kappa shape index (κ2) is 10.9. The third kappa shape index (κ3) is 5.73. The lowest BCUT2D eigenvalue weighted by atomic mass is 10.1. The zero-order valence-corrected chi connectivity index (χ0v) is 19.9. The van der Waals surface area contributed by atoms with Crippen LogP contribution in [0, 0.1) is 5.82 Å². The van der Waals surface area contributed by atoms with Crippen LogP contribution in [0.25, 0.3) is 10.9 Å². The molecule has 0 fully saturated rings. The number of hydrogen-bond donors (Lipinski definition) is 3. The van der Waals surface area contributed by atoms with Gasteiger partial charge < -0.3 is 19.8 Å². The van der Waals surface area contributed by atoms with E-state index in [2.05, 4.69) is 20.6 Å². The molecule has 0 atom stereocenters. The third-order valence-electron chi connectivity index (χ3n) is 5.39. The highest BCUT2D eigenvalue weighted by atomic mass is 35.5. The van der Waals surface area contributed by atoms with Crippen LogP contribution >= 0.6 is 11.6 Å². The fourth-order valence-electron chi connectivity index (χ4n) is 3.60. The van der Waals surface area contributed by atoms with E-state index < -0.39 is 11.7 Å². The average Bonchev–Trinajstić information content (AvgIpc) is 3.28. The highest BCUT2D eigenvalue weighted by Crippen LogP contribution is 2.29. The number of H-pyrrole nitrogens is 1. The van der Waals surface area contributed by atoms with Crippen molar-refractivity contribution in [2.24, 2.45) is 4.99 Å². The van der Waals surface area contributed by atoms with Crippen LogP contribution in [0.3, 0.4) is 0 Å². The monoisotopic (exact) mass is 494 g/mol. The summed E-state index contributed by atoms with van der Waals surface area (Å²) in [5.74, 6) is 0.237. The van der Waals surface area contributed by atoms with Crippen molar-refractivity contribution in [3.05, 3.63) is 88.8 Å². The van der Waals surface area contributed by atoms with E-state index in [-0.39, 0.29) is 16.5 Å². The van der Waals surface area contributed by atoms with Gasteiger partial charge in [0.15, 0.2) is 11.5 Å². The molecular weight excluding hydrogens is 471 g/mol. The zero-order chi connectivity index (χ0) is 24.8. The lowest BCUT2D eigenvalue weighted by Crippen LogP contribution is -2.36. The standard InChI is InChI=1S/C26H24ClFN4O3/c1-34-23-10-8-18(14-24(23)35-2)31-26(32-25(33)16-7-9-21(28)20(27)13-16)29-12-11-17-15-30-22-6-4-3-5-19(17)22/h3-10,13-15,30H,11-12H2,1-2H3,(H2,29,31,32,33). The molecule has 1 heterocycles.